The van der Waals surface area contributed by atoms with Crippen LogP contribution in [0.5, 0.6) is 0 Å². The van der Waals surface area contributed by atoms with Gasteiger partial charge in [-0.2, -0.15) is 0 Å². The Morgan fingerprint density at radius 3 is 2.79 bits per heavy atom. The molecule has 0 aliphatic carbocycles. The molecule has 0 spiro atoms. The number of aromatic amines is 1. The fourth-order valence-electron chi connectivity index (χ4n) is 1.36. The van der Waals surface area contributed by atoms with Crippen molar-refractivity contribution in [3.05, 3.63) is 22.2 Å². The number of hydrogen-bond acceptors (Lipinski definition) is 2. The number of hydrogen-bond donors (Lipinski definition) is 1. The Morgan fingerprint density at radius 2 is 2.14 bits per heavy atom. The van der Waals surface area contributed by atoms with Gasteiger partial charge in [0.1, 0.15) is 0 Å². The van der Waals surface area contributed by atoms with Crippen molar-refractivity contribution < 1.29 is 0 Å². The summed E-state index contributed by atoms with van der Waals surface area (Å²) in [5.74, 6) is 0.365. The van der Waals surface area contributed by atoms with E-state index in [1.54, 1.807) is 0 Å². The summed E-state index contributed by atoms with van der Waals surface area (Å²) in [7, 11) is 5.77. The van der Waals surface area contributed by atoms with Crippen LogP contribution >= 0.6 is 0 Å². The van der Waals surface area contributed by atoms with E-state index < -0.39 is 0 Å². The molecule has 4 heteroatoms. The second kappa shape index (κ2) is 3.05. The van der Waals surface area contributed by atoms with Gasteiger partial charge in [0.2, 0.25) is 0 Å². The zero-order valence-corrected chi connectivity index (χ0v) is 8.33. The molecule has 2 heterocycles. The number of fused-ring (bicyclic) bond motifs is 1. The van der Waals surface area contributed by atoms with Gasteiger partial charge >= 0.3 is 82.3 Å². The monoisotopic (exact) mass is 184 g/mol. The maximum absolute atomic E-state index is 5.77. The Labute approximate surface area is 82.9 Å². The molecule has 2 aromatic rings. The summed E-state index contributed by atoms with van der Waals surface area (Å²) in [6.45, 7) is 7.94. The Morgan fingerprint density at radius 1 is 1.43 bits per heavy atom. The average molecular weight is 184 g/mol. The number of nitrogens with zero attached hydrogens (tertiary/aromatic N) is 2. The van der Waals surface area contributed by atoms with Gasteiger partial charge in [0.15, 0.2) is 0 Å². The quantitative estimate of drug-likeness (QED) is 0.669. The standard InChI is InChI=1S/C10H11BN3/c1-5(2)7-4-8-10(14-13-7)9(11)6(3)12-8/h4-5,12H,3H2,1-2H3. The summed E-state index contributed by atoms with van der Waals surface area (Å²) in [5, 5.41) is 9.47. The molecule has 0 atom stereocenters. The van der Waals surface area contributed by atoms with Gasteiger partial charge in [0, 0.05) is 0 Å². The summed E-state index contributed by atoms with van der Waals surface area (Å²) >= 11 is 0. The number of H-pyrrole nitrogens is 1. The second-order valence-electron chi connectivity index (χ2n) is 3.70. The summed E-state index contributed by atoms with van der Waals surface area (Å²) in [5.41, 5.74) is 2.57. The molecule has 0 bridgehead atoms. The van der Waals surface area contributed by atoms with Gasteiger partial charge < -0.3 is 0 Å². The average Bonchev–Trinajstić information content (AvgIpc) is 2.42. The summed E-state index contributed by atoms with van der Waals surface area (Å²) in [6.07, 6.45) is 0. The molecule has 2 aromatic heterocycles. The fourth-order valence-corrected chi connectivity index (χ4v) is 1.36. The Hall–Kier alpha value is -1.45. The number of aromatic nitrogens is 3. The van der Waals surface area contributed by atoms with E-state index in [2.05, 4.69) is 35.6 Å². The third-order valence-corrected chi connectivity index (χ3v) is 2.27. The van der Waals surface area contributed by atoms with Crippen molar-refractivity contribution in [3.8, 4) is 0 Å². The van der Waals surface area contributed by atoms with Gasteiger partial charge in [-0.15, -0.1) is 0 Å². The van der Waals surface area contributed by atoms with E-state index in [4.69, 9.17) is 7.49 Å². The van der Waals surface area contributed by atoms with Crippen LogP contribution in [-0.4, -0.2) is 22.7 Å². The molecule has 69 valence electrons. The van der Waals surface area contributed by atoms with Gasteiger partial charge in [-0.05, 0) is 0 Å². The minimum atomic E-state index is 0.365. The number of nitrogens with one attached hydrogen (secondary N) is 1. The zero-order valence-electron chi connectivity index (χ0n) is 8.33. The van der Waals surface area contributed by atoms with Gasteiger partial charge in [0.05, 0.1) is 0 Å². The molecule has 0 aliphatic heterocycles. The van der Waals surface area contributed by atoms with E-state index in [9.17, 15) is 0 Å². The van der Waals surface area contributed by atoms with Gasteiger partial charge in [-0.1, -0.05) is 0 Å². The van der Waals surface area contributed by atoms with Crippen LogP contribution in [0, 0.1) is 5.11 Å². The van der Waals surface area contributed by atoms with Crippen LogP contribution in [0.3, 0.4) is 0 Å². The molecule has 0 aromatic carbocycles. The van der Waals surface area contributed by atoms with Crippen molar-refractivity contribution >= 4 is 25.1 Å². The van der Waals surface area contributed by atoms with E-state index in [1.165, 1.54) is 0 Å². The molecule has 14 heavy (non-hydrogen) atoms. The van der Waals surface area contributed by atoms with E-state index >= 15 is 0 Å². The molecule has 3 nitrogen and oxygen atoms in total. The SMILES string of the molecule is [B]=c1c(=C)[nH]c2cc(C(C)C)nnc12. The van der Waals surface area contributed by atoms with Gasteiger partial charge in [-0.25, -0.2) is 0 Å². The van der Waals surface area contributed by atoms with Gasteiger partial charge in [-0.3, -0.25) is 0 Å². The van der Waals surface area contributed by atoms with Crippen molar-refractivity contribution in [1.29, 1.82) is 0 Å². The molecule has 1 radical (unpaired) electrons. The maximum atomic E-state index is 5.77. The molecule has 0 unspecified atom stereocenters. The molecule has 2 rings (SSSR count). The van der Waals surface area contributed by atoms with E-state index in [0.29, 0.717) is 21.9 Å². The molecule has 0 saturated carbocycles. The van der Waals surface area contributed by atoms with E-state index in [0.717, 1.165) is 11.2 Å². The van der Waals surface area contributed by atoms with Crippen molar-refractivity contribution in [2.45, 2.75) is 19.8 Å². The molecular formula is C10H11BN3. The first-order valence-electron chi connectivity index (χ1n) is 4.56. The van der Waals surface area contributed by atoms with Crippen LogP contribution in [0.15, 0.2) is 6.07 Å². The fraction of sp³-hybridized carbons (Fsp3) is 0.300. The van der Waals surface area contributed by atoms with Crippen LogP contribution in [0.2, 0.25) is 0 Å². The summed E-state index contributed by atoms with van der Waals surface area (Å²) < 4.78 is 0. The van der Waals surface area contributed by atoms with E-state index in [1.807, 2.05) is 6.07 Å². The normalized spacial score (nSPS) is 11.3. The zero-order chi connectivity index (χ0) is 10.3. The first-order valence-corrected chi connectivity index (χ1v) is 4.56. The molecular weight excluding hydrogens is 173 g/mol. The molecule has 1 N–H and O–H groups in total. The Kier molecular flexibility index (Phi) is 1.99. The molecule has 0 saturated heterocycles. The second-order valence-corrected chi connectivity index (χ2v) is 3.70. The van der Waals surface area contributed by atoms with Crippen molar-refractivity contribution in [2.24, 2.45) is 0 Å². The summed E-state index contributed by atoms with van der Waals surface area (Å²) in [4.78, 5) is 3.08. The van der Waals surface area contributed by atoms with Crippen LogP contribution in [-0.2, 0) is 0 Å². The first kappa shape index (κ1) is 9.12. The third-order valence-electron chi connectivity index (χ3n) is 2.27. The van der Waals surface area contributed by atoms with Crippen molar-refractivity contribution in [2.75, 3.05) is 0 Å². The van der Waals surface area contributed by atoms with Crippen molar-refractivity contribution in [3.63, 3.8) is 0 Å². The van der Waals surface area contributed by atoms with E-state index in [-0.39, 0.29) is 0 Å². The summed E-state index contributed by atoms with van der Waals surface area (Å²) in [6, 6.07) is 1.97. The molecule has 0 fully saturated rings. The van der Waals surface area contributed by atoms with Crippen LogP contribution < -0.4 is 5.35 Å². The predicted molar refractivity (Wildman–Crippen MR) is 57.7 cm³/mol. The predicted octanol–water partition coefficient (Wildman–Crippen LogP) is 0.911. The minimum absolute atomic E-state index is 0.365. The molecule has 0 amide bonds. The third kappa shape index (κ3) is 1.27. The molecule has 0 aliphatic rings. The van der Waals surface area contributed by atoms with Crippen molar-refractivity contribution in [1.82, 2.24) is 15.2 Å². The Bertz CT molecular complexity index is 571. The first-order chi connectivity index (χ1) is 6.59. The van der Waals surface area contributed by atoms with Crippen LogP contribution in [0.1, 0.15) is 25.5 Å². The van der Waals surface area contributed by atoms with Crippen LogP contribution in [0.25, 0.3) is 17.6 Å². The van der Waals surface area contributed by atoms with Gasteiger partial charge in [0.25, 0.3) is 0 Å². The van der Waals surface area contributed by atoms with Crippen LogP contribution in [0.4, 0.5) is 0 Å². The number of rotatable bonds is 1. The Balaban J connectivity index is 2.80. The topological polar surface area (TPSA) is 41.6 Å².